The van der Waals surface area contributed by atoms with Crippen molar-refractivity contribution in [1.29, 1.82) is 0 Å². The zero-order valence-electron chi connectivity index (χ0n) is 17.4. The van der Waals surface area contributed by atoms with Crippen LogP contribution in [0.2, 0.25) is 0 Å². The number of carbonyl (C=O) groups excluding carboxylic acids is 1. The van der Waals surface area contributed by atoms with Gasteiger partial charge in [0, 0.05) is 32.7 Å². The lowest BCUT2D eigenvalue weighted by molar-refractivity contribution is -0.141. The molecule has 9 heteroatoms. The number of morpholine rings is 1. The zero-order chi connectivity index (χ0) is 21.8. The number of amides is 1. The molecule has 0 radical (unpaired) electrons. The van der Waals surface area contributed by atoms with Crippen molar-refractivity contribution < 1.29 is 17.9 Å². The summed E-state index contributed by atoms with van der Waals surface area (Å²) in [6.07, 6.45) is 0.614. The smallest absolute Gasteiger partial charge is 0.260 e. The Bertz CT molecular complexity index is 1010. The van der Waals surface area contributed by atoms with Crippen LogP contribution in [0, 0.1) is 5.92 Å². The molecule has 2 fully saturated rings. The molecule has 8 nitrogen and oxygen atoms in total. The molecule has 0 aliphatic carbocycles. The quantitative estimate of drug-likeness (QED) is 0.743. The van der Waals surface area contributed by atoms with Gasteiger partial charge in [-0.1, -0.05) is 36.4 Å². The van der Waals surface area contributed by atoms with Crippen molar-refractivity contribution in [1.82, 2.24) is 14.2 Å². The van der Waals surface area contributed by atoms with E-state index in [2.05, 4.69) is 4.98 Å². The Labute approximate surface area is 183 Å². The zero-order valence-corrected chi connectivity index (χ0v) is 18.2. The first kappa shape index (κ1) is 21.9. The molecule has 1 aromatic carbocycles. The highest BCUT2D eigenvalue weighted by Gasteiger charge is 2.40. The molecule has 1 aromatic heterocycles. The monoisotopic (exact) mass is 444 g/mol. The van der Waals surface area contributed by atoms with Crippen molar-refractivity contribution in [3.05, 3.63) is 59.8 Å². The van der Waals surface area contributed by atoms with Crippen molar-refractivity contribution in [2.75, 3.05) is 39.4 Å². The highest BCUT2D eigenvalue weighted by Crippen LogP contribution is 2.34. The Morgan fingerprint density at radius 2 is 1.81 bits per heavy atom. The normalized spacial score (nSPS) is 22.9. The average molecular weight is 445 g/mol. The third-order valence-corrected chi connectivity index (χ3v) is 7.69. The fourth-order valence-corrected chi connectivity index (χ4v) is 5.79. The van der Waals surface area contributed by atoms with Crippen LogP contribution in [0.1, 0.15) is 23.6 Å². The van der Waals surface area contributed by atoms with Crippen molar-refractivity contribution in [2.24, 2.45) is 11.7 Å². The molecule has 2 aliphatic heterocycles. The molecule has 2 N–H and O–H groups in total. The molecule has 0 bridgehead atoms. The molecular weight excluding hydrogens is 416 g/mol. The van der Waals surface area contributed by atoms with E-state index in [0.717, 1.165) is 5.56 Å². The van der Waals surface area contributed by atoms with Crippen molar-refractivity contribution in [3.63, 3.8) is 0 Å². The number of benzene rings is 1. The number of sulfonamides is 1. The number of ether oxygens (including phenoxy) is 1. The topological polar surface area (TPSA) is 106 Å². The van der Waals surface area contributed by atoms with Gasteiger partial charge in [0.25, 0.3) is 10.0 Å². The van der Waals surface area contributed by atoms with Gasteiger partial charge in [-0.3, -0.25) is 4.79 Å². The number of aromatic nitrogens is 1. The maximum Gasteiger partial charge on any atom is 0.260 e. The summed E-state index contributed by atoms with van der Waals surface area (Å²) in [5, 5.41) is -0.0262. The SMILES string of the molecule is NCc1cccc(S(=O)(=O)N2C[C@H](C(=O)N3CCOCC3)C[C@@H](c3ccccc3)C2)n1. The van der Waals surface area contributed by atoms with Crippen LogP contribution in [0.3, 0.4) is 0 Å². The minimum absolute atomic E-state index is 0.00667. The van der Waals surface area contributed by atoms with Gasteiger partial charge in [-0.15, -0.1) is 0 Å². The Morgan fingerprint density at radius 1 is 1.06 bits per heavy atom. The fraction of sp³-hybridized carbons (Fsp3) is 0.455. The van der Waals surface area contributed by atoms with Gasteiger partial charge in [0.1, 0.15) is 0 Å². The Morgan fingerprint density at radius 3 is 2.52 bits per heavy atom. The fourth-order valence-electron chi connectivity index (χ4n) is 4.29. The van der Waals surface area contributed by atoms with Gasteiger partial charge in [0.15, 0.2) is 5.03 Å². The summed E-state index contributed by atoms with van der Waals surface area (Å²) in [5.41, 5.74) is 7.20. The van der Waals surface area contributed by atoms with Gasteiger partial charge in [0.2, 0.25) is 5.91 Å². The lowest BCUT2D eigenvalue weighted by Gasteiger charge is -2.39. The van der Waals surface area contributed by atoms with E-state index in [0.29, 0.717) is 45.0 Å². The first-order valence-electron chi connectivity index (χ1n) is 10.6. The number of rotatable bonds is 5. The molecule has 2 aromatic rings. The van der Waals surface area contributed by atoms with Gasteiger partial charge in [-0.2, -0.15) is 4.31 Å². The number of hydrogen-bond acceptors (Lipinski definition) is 6. The van der Waals surface area contributed by atoms with Crippen molar-refractivity contribution >= 4 is 15.9 Å². The molecule has 3 heterocycles. The van der Waals surface area contributed by atoms with E-state index < -0.39 is 15.9 Å². The van der Waals surface area contributed by atoms with Crippen LogP contribution < -0.4 is 5.73 Å². The lowest BCUT2D eigenvalue weighted by atomic mass is 9.85. The van der Waals surface area contributed by atoms with Crippen LogP contribution in [-0.4, -0.2) is 67.9 Å². The minimum atomic E-state index is -3.86. The van der Waals surface area contributed by atoms with Gasteiger partial charge in [0.05, 0.1) is 24.8 Å². The second-order valence-corrected chi connectivity index (χ2v) is 9.86. The molecule has 0 unspecified atom stereocenters. The number of carbonyl (C=O) groups is 1. The number of piperidine rings is 1. The summed E-state index contributed by atoms with van der Waals surface area (Å²) in [6.45, 7) is 2.73. The number of pyridine rings is 1. The van der Waals surface area contributed by atoms with Crippen LogP contribution in [-0.2, 0) is 26.1 Å². The van der Waals surface area contributed by atoms with Crippen LogP contribution in [0.25, 0.3) is 0 Å². The Kier molecular flexibility index (Phi) is 6.66. The molecule has 1 amide bonds. The molecule has 2 saturated heterocycles. The van der Waals surface area contributed by atoms with E-state index in [1.165, 1.54) is 10.4 Å². The minimum Gasteiger partial charge on any atom is -0.378 e. The van der Waals surface area contributed by atoms with E-state index >= 15 is 0 Å². The second kappa shape index (κ2) is 9.44. The maximum atomic E-state index is 13.5. The molecule has 2 aliphatic rings. The number of nitrogens with two attached hydrogens (primary N) is 1. The Balaban J connectivity index is 1.64. The van der Waals surface area contributed by atoms with Crippen LogP contribution in [0.5, 0.6) is 0 Å². The van der Waals surface area contributed by atoms with Crippen LogP contribution in [0.4, 0.5) is 0 Å². The third kappa shape index (κ3) is 4.79. The number of hydrogen-bond donors (Lipinski definition) is 1. The molecule has 4 rings (SSSR count). The predicted molar refractivity (Wildman–Crippen MR) is 116 cm³/mol. The van der Waals surface area contributed by atoms with E-state index in [-0.39, 0.29) is 29.9 Å². The van der Waals surface area contributed by atoms with E-state index in [9.17, 15) is 13.2 Å². The molecule has 0 spiro atoms. The lowest BCUT2D eigenvalue weighted by Crippen LogP contribution is -2.51. The summed E-state index contributed by atoms with van der Waals surface area (Å²) in [5.74, 6) is -0.491. The van der Waals surface area contributed by atoms with E-state index in [1.807, 2.05) is 30.3 Å². The summed E-state index contributed by atoms with van der Waals surface area (Å²) in [6, 6.07) is 14.6. The van der Waals surface area contributed by atoms with Gasteiger partial charge < -0.3 is 15.4 Å². The highest BCUT2D eigenvalue weighted by molar-refractivity contribution is 7.89. The molecule has 166 valence electrons. The third-order valence-electron chi connectivity index (χ3n) is 5.95. The average Bonchev–Trinajstić information content (AvgIpc) is 2.84. The molecule has 0 saturated carbocycles. The van der Waals surface area contributed by atoms with Crippen molar-refractivity contribution in [2.45, 2.75) is 23.9 Å². The first-order valence-corrected chi connectivity index (χ1v) is 12.0. The Hall–Kier alpha value is -2.33. The summed E-state index contributed by atoms with van der Waals surface area (Å²) < 4.78 is 33.7. The van der Waals surface area contributed by atoms with Gasteiger partial charge in [-0.25, -0.2) is 13.4 Å². The van der Waals surface area contributed by atoms with E-state index in [1.54, 1.807) is 17.0 Å². The van der Waals surface area contributed by atoms with Crippen LogP contribution >= 0.6 is 0 Å². The maximum absolute atomic E-state index is 13.5. The first-order chi connectivity index (χ1) is 15.0. The standard InChI is InChI=1S/C22H28N4O4S/c23-14-20-7-4-8-21(24-20)31(28,29)26-15-18(17-5-2-1-3-6-17)13-19(16-26)22(27)25-9-11-30-12-10-25/h1-8,18-19H,9-16,23H2/t18-,19-/m1/s1. The summed E-state index contributed by atoms with van der Waals surface area (Å²) in [4.78, 5) is 19.3. The summed E-state index contributed by atoms with van der Waals surface area (Å²) >= 11 is 0. The van der Waals surface area contributed by atoms with Crippen LogP contribution in [0.15, 0.2) is 53.6 Å². The molecule has 2 atom stereocenters. The second-order valence-electron chi connectivity index (χ2n) is 7.97. The molecular formula is C22H28N4O4S. The summed E-state index contributed by atoms with van der Waals surface area (Å²) in [7, 11) is -3.86. The van der Waals surface area contributed by atoms with Gasteiger partial charge in [-0.05, 0) is 30.0 Å². The van der Waals surface area contributed by atoms with Crippen molar-refractivity contribution in [3.8, 4) is 0 Å². The predicted octanol–water partition coefficient (Wildman–Crippen LogP) is 1.19. The van der Waals surface area contributed by atoms with Gasteiger partial charge >= 0.3 is 0 Å². The largest absolute Gasteiger partial charge is 0.378 e. The molecule has 31 heavy (non-hydrogen) atoms. The number of nitrogens with zero attached hydrogens (tertiary/aromatic N) is 3. The highest BCUT2D eigenvalue weighted by atomic mass is 32.2. The van der Waals surface area contributed by atoms with E-state index in [4.69, 9.17) is 10.5 Å².